The largest absolute Gasteiger partial charge is 0.494 e. The average Bonchev–Trinajstić information content (AvgIpc) is 2.35. The second-order valence-electron chi connectivity index (χ2n) is 3.98. The number of ether oxygens (including phenoxy) is 2. The molecule has 1 rings (SSSR count). The van der Waals surface area contributed by atoms with Crippen molar-refractivity contribution in [2.75, 3.05) is 19.8 Å². The van der Waals surface area contributed by atoms with Crippen LogP contribution in [0, 0.1) is 3.57 Å². The maximum atomic E-state index is 5.63. The second-order valence-corrected chi connectivity index (χ2v) is 5.22. The highest BCUT2D eigenvalue weighted by Crippen LogP contribution is 2.13. The van der Waals surface area contributed by atoms with E-state index in [1.807, 2.05) is 12.1 Å². The molecule has 0 spiro atoms. The van der Waals surface area contributed by atoms with Crippen molar-refractivity contribution in [3.8, 4) is 5.75 Å². The molecule has 0 N–H and O–H groups in total. The van der Waals surface area contributed by atoms with Gasteiger partial charge in [0.1, 0.15) is 5.75 Å². The lowest BCUT2D eigenvalue weighted by molar-refractivity contribution is 0.123. The highest BCUT2D eigenvalue weighted by Gasteiger charge is 1.94. The molecule has 0 saturated heterocycles. The van der Waals surface area contributed by atoms with Gasteiger partial charge in [-0.1, -0.05) is 13.3 Å². The van der Waals surface area contributed by atoms with Gasteiger partial charge in [0, 0.05) is 16.8 Å². The van der Waals surface area contributed by atoms with Gasteiger partial charge in [0.25, 0.3) is 0 Å². The van der Waals surface area contributed by atoms with Crippen LogP contribution in [0.3, 0.4) is 0 Å². The van der Waals surface area contributed by atoms with Crippen molar-refractivity contribution in [1.82, 2.24) is 0 Å². The van der Waals surface area contributed by atoms with E-state index in [0.29, 0.717) is 0 Å². The van der Waals surface area contributed by atoms with Crippen LogP contribution >= 0.6 is 22.6 Å². The van der Waals surface area contributed by atoms with Gasteiger partial charge in [0.2, 0.25) is 0 Å². The summed E-state index contributed by atoms with van der Waals surface area (Å²) in [5.41, 5.74) is 0. The first-order chi connectivity index (χ1) is 8.33. The minimum Gasteiger partial charge on any atom is -0.494 e. The van der Waals surface area contributed by atoms with E-state index >= 15 is 0 Å². The van der Waals surface area contributed by atoms with Crippen LogP contribution < -0.4 is 4.74 Å². The SMILES string of the molecule is CCCCOCCCCOc1ccc(I)cc1. The maximum Gasteiger partial charge on any atom is 0.119 e. The third kappa shape index (κ3) is 7.60. The summed E-state index contributed by atoms with van der Waals surface area (Å²) in [5, 5.41) is 0. The lowest BCUT2D eigenvalue weighted by Crippen LogP contribution is -2.01. The summed E-state index contributed by atoms with van der Waals surface area (Å²) in [5.74, 6) is 0.956. The summed E-state index contributed by atoms with van der Waals surface area (Å²) >= 11 is 2.29. The minimum absolute atomic E-state index is 0.776. The number of halogens is 1. The quantitative estimate of drug-likeness (QED) is 0.490. The van der Waals surface area contributed by atoms with E-state index in [0.717, 1.165) is 38.4 Å². The predicted molar refractivity (Wildman–Crippen MR) is 79.6 cm³/mol. The molecule has 0 bridgehead atoms. The minimum atomic E-state index is 0.776. The van der Waals surface area contributed by atoms with Crippen LogP contribution in [0.4, 0.5) is 0 Å². The Morgan fingerprint density at radius 1 is 0.941 bits per heavy atom. The van der Waals surface area contributed by atoms with Crippen LogP contribution in [0.25, 0.3) is 0 Å². The van der Waals surface area contributed by atoms with Gasteiger partial charge >= 0.3 is 0 Å². The van der Waals surface area contributed by atoms with Crippen molar-refractivity contribution in [2.24, 2.45) is 0 Å². The van der Waals surface area contributed by atoms with Gasteiger partial charge in [-0.2, -0.15) is 0 Å². The van der Waals surface area contributed by atoms with E-state index in [4.69, 9.17) is 9.47 Å². The summed E-state index contributed by atoms with van der Waals surface area (Å²) in [7, 11) is 0. The van der Waals surface area contributed by atoms with Gasteiger partial charge in [-0.3, -0.25) is 0 Å². The van der Waals surface area contributed by atoms with Crippen LogP contribution in [0.15, 0.2) is 24.3 Å². The van der Waals surface area contributed by atoms with Crippen LogP contribution in [-0.4, -0.2) is 19.8 Å². The first-order valence-electron chi connectivity index (χ1n) is 6.29. The number of benzene rings is 1. The molecule has 1 aromatic carbocycles. The Balaban J connectivity index is 1.95. The van der Waals surface area contributed by atoms with E-state index in [1.165, 1.54) is 16.4 Å². The number of unbranched alkanes of at least 4 members (excludes halogenated alkanes) is 2. The fourth-order valence-electron chi connectivity index (χ4n) is 1.38. The summed E-state index contributed by atoms with van der Waals surface area (Å²) in [4.78, 5) is 0. The predicted octanol–water partition coefficient (Wildman–Crippen LogP) is 4.27. The Hall–Kier alpha value is -0.290. The molecule has 0 unspecified atom stereocenters. The summed E-state index contributed by atoms with van der Waals surface area (Å²) in [6, 6.07) is 8.15. The van der Waals surface area contributed by atoms with Crippen LogP contribution in [-0.2, 0) is 4.74 Å². The molecule has 0 aliphatic carbocycles. The van der Waals surface area contributed by atoms with Crippen molar-refractivity contribution < 1.29 is 9.47 Å². The molecule has 0 radical (unpaired) electrons. The van der Waals surface area contributed by atoms with Crippen LogP contribution in [0.1, 0.15) is 32.6 Å². The van der Waals surface area contributed by atoms with Gasteiger partial charge in [-0.25, -0.2) is 0 Å². The molecule has 0 aromatic heterocycles. The zero-order valence-electron chi connectivity index (χ0n) is 10.5. The molecule has 0 aliphatic heterocycles. The third-order valence-electron chi connectivity index (χ3n) is 2.41. The van der Waals surface area contributed by atoms with E-state index in [9.17, 15) is 0 Å². The van der Waals surface area contributed by atoms with Crippen LogP contribution in [0.5, 0.6) is 5.75 Å². The van der Waals surface area contributed by atoms with Crippen molar-refractivity contribution in [1.29, 1.82) is 0 Å². The van der Waals surface area contributed by atoms with Gasteiger partial charge in [0.15, 0.2) is 0 Å². The molecule has 17 heavy (non-hydrogen) atoms. The first-order valence-corrected chi connectivity index (χ1v) is 7.37. The normalized spacial score (nSPS) is 10.5. The Bertz CT molecular complexity index is 285. The summed E-state index contributed by atoms with van der Waals surface area (Å²) in [6.07, 6.45) is 4.50. The lowest BCUT2D eigenvalue weighted by Gasteiger charge is -2.06. The second kappa shape index (κ2) is 9.71. The summed E-state index contributed by atoms with van der Waals surface area (Å²) < 4.78 is 12.4. The van der Waals surface area contributed by atoms with Crippen molar-refractivity contribution in [3.05, 3.63) is 27.8 Å². The van der Waals surface area contributed by atoms with Crippen LogP contribution in [0.2, 0.25) is 0 Å². The molecule has 0 heterocycles. The third-order valence-corrected chi connectivity index (χ3v) is 3.13. The molecule has 1 aromatic rings. The highest BCUT2D eigenvalue weighted by atomic mass is 127. The Kier molecular flexibility index (Phi) is 8.44. The van der Waals surface area contributed by atoms with Crippen molar-refractivity contribution >= 4 is 22.6 Å². The Morgan fingerprint density at radius 3 is 2.29 bits per heavy atom. The van der Waals surface area contributed by atoms with E-state index in [-0.39, 0.29) is 0 Å². The molecule has 0 aliphatic rings. The Morgan fingerprint density at radius 2 is 1.59 bits per heavy atom. The van der Waals surface area contributed by atoms with E-state index < -0.39 is 0 Å². The maximum absolute atomic E-state index is 5.63. The molecule has 2 nitrogen and oxygen atoms in total. The topological polar surface area (TPSA) is 18.5 Å². The molecular weight excluding hydrogens is 327 g/mol. The smallest absolute Gasteiger partial charge is 0.119 e. The highest BCUT2D eigenvalue weighted by molar-refractivity contribution is 14.1. The van der Waals surface area contributed by atoms with E-state index in [2.05, 4.69) is 41.6 Å². The fourth-order valence-corrected chi connectivity index (χ4v) is 1.74. The zero-order chi connectivity index (χ0) is 12.3. The molecule has 0 atom stereocenters. The summed E-state index contributed by atoms with van der Waals surface area (Å²) in [6.45, 7) is 4.71. The molecule has 0 saturated carbocycles. The number of rotatable bonds is 9. The average molecular weight is 348 g/mol. The van der Waals surface area contributed by atoms with Crippen molar-refractivity contribution in [2.45, 2.75) is 32.6 Å². The van der Waals surface area contributed by atoms with Gasteiger partial charge in [-0.05, 0) is 66.1 Å². The Labute approximate surface area is 118 Å². The molecular formula is C14H21IO2. The zero-order valence-corrected chi connectivity index (χ0v) is 12.6. The van der Waals surface area contributed by atoms with Gasteiger partial charge in [-0.15, -0.1) is 0 Å². The van der Waals surface area contributed by atoms with E-state index in [1.54, 1.807) is 0 Å². The lowest BCUT2D eigenvalue weighted by atomic mass is 10.3. The van der Waals surface area contributed by atoms with Gasteiger partial charge < -0.3 is 9.47 Å². The molecule has 96 valence electrons. The number of hydrogen-bond acceptors (Lipinski definition) is 2. The number of hydrogen-bond donors (Lipinski definition) is 0. The van der Waals surface area contributed by atoms with Crippen molar-refractivity contribution in [3.63, 3.8) is 0 Å². The standard InChI is InChI=1S/C14H21IO2/c1-2-3-10-16-11-4-5-12-17-14-8-6-13(15)7-9-14/h6-9H,2-5,10-12H2,1H3. The fraction of sp³-hybridized carbons (Fsp3) is 0.571. The first kappa shape index (κ1) is 14.8. The molecule has 0 fully saturated rings. The molecule has 3 heteroatoms. The van der Waals surface area contributed by atoms with Gasteiger partial charge in [0.05, 0.1) is 6.61 Å². The monoisotopic (exact) mass is 348 g/mol. The molecule has 0 amide bonds.